The predicted molar refractivity (Wildman–Crippen MR) is 134 cm³/mol. The predicted octanol–water partition coefficient (Wildman–Crippen LogP) is 5.32. The first kappa shape index (κ1) is 23.0. The maximum absolute atomic E-state index is 13.7. The molecule has 0 unspecified atom stereocenters. The van der Waals surface area contributed by atoms with E-state index in [4.69, 9.17) is 13.9 Å². The van der Waals surface area contributed by atoms with Gasteiger partial charge in [-0.25, -0.2) is 0 Å². The molecule has 35 heavy (non-hydrogen) atoms. The van der Waals surface area contributed by atoms with Gasteiger partial charge in [0.2, 0.25) is 10.9 Å². The second-order valence-electron chi connectivity index (χ2n) is 8.40. The molecule has 1 aliphatic heterocycles. The van der Waals surface area contributed by atoms with Crippen LogP contribution in [-0.4, -0.2) is 29.3 Å². The number of ether oxygens (including phenoxy) is 2. The van der Waals surface area contributed by atoms with Gasteiger partial charge in [0.15, 0.2) is 16.9 Å². The summed E-state index contributed by atoms with van der Waals surface area (Å²) in [6, 6.07) is 11.6. The van der Waals surface area contributed by atoms with Gasteiger partial charge in [-0.15, -0.1) is 10.2 Å². The molecule has 180 valence electrons. The third-order valence-electron chi connectivity index (χ3n) is 5.79. The van der Waals surface area contributed by atoms with Crippen molar-refractivity contribution >= 4 is 33.3 Å². The quantitative estimate of drug-likeness (QED) is 0.345. The third-order valence-corrected chi connectivity index (χ3v) is 7.01. The van der Waals surface area contributed by atoms with Crippen molar-refractivity contribution in [2.24, 2.45) is 0 Å². The molecular formula is C26H25N3O5S. The Labute approximate surface area is 206 Å². The van der Waals surface area contributed by atoms with E-state index < -0.39 is 11.9 Å². The molecule has 0 aliphatic carbocycles. The van der Waals surface area contributed by atoms with E-state index in [1.807, 2.05) is 39.8 Å². The molecule has 8 nitrogen and oxygen atoms in total. The minimum Gasteiger partial charge on any atom is -0.490 e. The lowest BCUT2D eigenvalue weighted by atomic mass is 9.98. The van der Waals surface area contributed by atoms with Crippen LogP contribution >= 0.6 is 11.3 Å². The van der Waals surface area contributed by atoms with Gasteiger partial charge >= 0.3 is 0 Å². The van der Waals surface area contributed by atoms with Crippen LogP contribution in [0.2, 0.25) is 0 Å². The Kier molecular flexibility index (Phi) is 6.02. The molecule has 0 spiro atoms. The Morgan fingerprint density at radius 1 is 1.03 bits per heavy atom. The fourth-order valence-electron chi connectivity index (χ4n) is 4.23. The molecule has 0 fully saturated rings. The van der Waals surface area contributed by atoms with Crippen molar-refractivity contribution in [1.82, 2.24) is 10.2 Å². The number of carbonyl (C=O) groups is 1. The summed E-state index contributed by atoms with van der Waals surface area (Å²) in [5.41, 5.74) is 1.09. The highest BCUT2D eigenvalue weighted by molar-refractivity contribution is 7.15. The van der Waals surface area contributed by atoms with Crippen LogP contribution in [0, 0.1) is 0 Å². The largest absolute Gasteiger partial charge is 0.490 e. The molecule has 0 N–H and O–H groups in total. The van der Waals surface area contributed by atoms with Gasteiger partial charge in [0.1, 0.15) is 10.6 Å². The second kappa shape index (κ2) is 9.14. The van der Waals surface area contributed by atoms with E-state index >= 15 is 0 Å². The SMILES string of the molecule is CCOc1ccc([C@@H]2c3c(oc4ccccc4c3=O)C(=O)N2c2nnc(C(C)C)s2)cc1OCC. The first-order valence-corrected chi connectivity index (χ1v) is 12.4. The molecule has 0 saturated heterocycles. The molecule has 0 bridgehead atoms. The molecule has 9 heteroatoms. The summed E-state index contributed by atoms with van der Waals surface area (Å²) in [5, 5.41) is 10.2. The summed E-state index contributed by atoms with van der Waals surface area (Å²) in [6.07, 6.45) is 0. The molecule has 3 heterocycles. The molecule has 2 aromatic heterocycles. The monoisotopic (exact) mass is 491 g/mol. The zero-order valence-electron chi connectivity index (χ0n) is 19.9. The van der Waals surface area contributed by atoms with Crippen LogP contribution in [0.5, 0.6) is 11.5 Å². The van der Waals surface area contributed by atoms with E-state index in [1.165, 1.54) is 16.2 Å². The van der Waals surface area contributed by atoms with Crippen LogP contribution < -0.4 is 19.8 Å². The van der Waals surface area contributed by atoms with Gasteiger partial charge in [-0.2, -0.15) is 0 Å². The Morgan fingerprint density at radius 2 is 1.77 bits per heavy atom. The van der Waals surface area contributed by atoms with Gasteiger partial charge in [0.25, 0.3) is 5.91 Å². The number of fused-ring (bicyclic) bond motifs is 2. The Morgan fingerprint density at radius 3 is 2.49 bits per heavy atom. The van der Waals surface area contributed by atoms with Crippen molar-refractivity contribution in [1.29, 1.82) is 0 Å². The van der Waals surface area contributed by atoms with Gasteiger partial charge in [0.05, 0.1) is 30.2 Å². The summed E-state index contributed by atoms with van der Waals surface area (Å²) in [5.74, 6) is 0.880. The van der Waals surface area contributed by atoms with E-state index in [9.17, 15) is 9.59 Å². The smallest absolute Gasteiger partial charge is 0.297 e. The number of hydrogen-bond acceptors (Lipinski definition) is 8. The van der Waals surface area contributed by atoms with Crippen molar-refractivity contribution < 1.29 is 18.7 Å². The highest BCUT2D eigenvalue weighted by atomic mass is 32.1. The number of carbonyl (C=O) groups excluding carboxylic acids is 1. The molecule has 1 amide bonds. The maximum atomic E-state index is 13.7. The lowest BCUT2D eigenvalue weighted by Crippen LogP contribution is -2.29. The lowest BCUT2D eigenvalue weighted by molar-refractivity contribution is 0.0970. The fourth-order valence-corrected chi connectivity index (χ4v) is 5.10. The Bertz CT molecular complexity index is 1480. The first-order valence-electron chi connectivity index (χ1n) is 11.6. The van der Waals surface area contributed by atoms with Gasteiger partial charge in [0, 0.05) is 5.92 Å². The van der Waals surface area contributed by atoms with Crippen LogP contribution in [0.1, 0.15) is 66.3 Å². The van der Waals surface area contributed by atoms with Crippen LogP contribution in [0.25, 0.3) is 11.0 Å². The molecule has 1 aliphatic rings. The zero-order valence-corrected chi connectivity index (χ0v) is 20.7. The second-order valence-corrected chi connectivity index (χ2v) is 9.39. The molecule has 5 rings (SSSR count). The van der Waals surface area contributed by atoms with Crippen molar-refractivity contribution in [3.63, 3.8) is 0 Å². The van der Waals surface area contributed by atoms with E-state index in [1.54, 1.807) is 30.3 Å². The van der Waals surface area contributed by atoms with Gasteiger partial charge in [-0.1, -0.05) is 43.4 Å². The standard InChI is InChI=1S/C26H25N3O5S/c1-5-32-18-12-11-15(13-19(18)33-6-2)21-20-22(30)16-9-7-8-10-17(16)34-23(20)25(31)29(21)26-28-27-24(35-26)14(3)4/h7-14,21H,5-6H2,1-4H3/t21-/m1/s1. The van der Waals surface area contributed by atoms with Crippen molar-refractivity contribution in [2.75, 3.05) is 18.1 Å². The molecule has 0 saturated carbocycles. The van der Waals surface area contributed by atoms with Gasteiger partial charge in [-0.05, 0) is 43.7 Å². The van der Waals surface area contributed by atoms with Crippen molar-refractivity contribution in [2.45, 2.75) is 39.7 Å². The zero-order chi connectivity index (χ0) is 24.7. The summed E-state index contributed by atoms with van der Waals surface area (Å²) in [4.78, 5) is 28.9. The maximum Gasteiger partial charge on any atom is 0.297 e. The summed E-state index contributed by atoms with van der Waals surface area (Å²) < 4.78 is 17.5. The number of para-hydroxylation sites is 1. The van der Waals surface area contributed by atoms with Crippen LogP contribution in [0.3, 0.4) is 0 Å². The normalized spacial score (nSPS) is 15.2. The van der Waals surface area contributed by atoms with Crippen LogP contribution in [0.15, 0.2) is 51.7 Å². The number of benzene rings is 2. The minimum atomic E-state index is -0.749. The van der Waals surface area contributed by atoms with Crippen LogP contribution in [0.4, 0.5) is 5.13 Å². The average Bonchev–Trinajstić information content (AvgIpc) is 3.44. The van der Waals surface area contributed by atoms with Crippen molar-refractivity contribution in [3.05, 3.63) is 74.6 Å². The molecular weight excluding hydrogens is 466 g/mol. The number of hydrogen-bond donors (Lipinski definition) is 0. The first-order chi connectivity index (χ1) is 16.9. The fraction of sp³-hybridized carbons (Fsp3) is 0.308. The average molecular weight is 492 g/mol. The van der Waals surface area contributed by atoms with Crippen molar-refractivity contribution in [3.8, 4) is 11.5 Å². The van der Waals surface area contributed by atoms with Gasteiger partial charge in [-0.3, -0.25) is 14.5 Å². The number of aromatic nitrogens is 2. The summed E-state index contributed by atoms with van der Waals surface area (Å²) in [7, 11) is 0. The highest BCUT2D eigenvalue weighted by Crippen LogP contribution is 2.44. The third kappa shape index (κ3) is 3.85. The number of anilines is 1. The number of rotatable bonds is 7. The van der Waals surface area contributed by atoms with E-state index in [2.05, 4.69) is 10.2 Å². The highest BCUT2D eigenvalue weighted by Gasteiger charge is 2.45. The minimum absolute atomic E-state index is 0.0202. The van der Waals surface area contributed by atoms with E-state index in [0.29, 0.717) is 46.4 Å². The Balaban J connectivity index is 1.75. The molecule has 1 atom stereocenters. The number of nitrogens with zero attached hydrogens (tertiary/aromatic N) is 3. The van der Waals surface area contributed by atoms with E-state index in [0.717, 1.165) is 5.01 Å². The topological polar surface area (TPSA) is 94.8 Å². The molecule has 4 aromatic rings. The van der Waals surface area contributed by atoms with E-state index in [-0.39, 0.29) is 22.7 Å². The summed E-state index contributed by atoms with van der Waals surface area (Å²) >= 11 is 1.33. The Hall–Kier alpha value is -3.72. The summed E-state index contributed by atoms with van der Waals surface area (Å²) in [6.45, 7) is 8.73. The molecule has 0 radical (unpaired) electrons. The number of amides is 1. The van der Waals surface area contributed by atoms with Gasteiger partial charge < -0.3 is 13.9 Å². The molecule has 2 aromatic carbocycles. The van der Waals surface area contributed by atoms with Crippen LogP contribution in [-0.2, 0) is 0 Å². The lowest BCUT2D eigenvalue weighted by Gasteiger charge is -2.23.